The van der Waals surface area contributed by atoms with Crippen LogP contribution in [-0.2, 0) is 22.0 Å². The van der Waals surface area contributed by atoms with Crippen LogP contribution in [-0.4, -0.2) is 46.7 Å². The molecule has 0 radical (unpaired) electrons. The van der Waals surface area contributed by atoms with Crippen LogP contribution in [0.2, 0.25) is 0 Å². The van der Waals surface area contributed by atoms with E-state index in [9.17, 15) is 4.79 Å². The Morgan fingerprint density at radius 2 is 1.67 bits per heavy atom. The second-order valence-electron chi connectivity index (χ2n) is 18.1. The lowest BCUT2D eigenvalue weighted by molar-refractivity contribution is -0.154. The first-order valence-electron chi connectivity index (χ1n) is 17.9. The van der Waals surface area contributed by atoms with Gasteiger partial charge in [0.1, 0.15) is 11.5 Å². The van der Waals surface area contributed by atoms with E-state index in [1.54, 1.807) is 5.57 Å². The SMILES string of the molecule is CC1(C)CC[C@]2(c3[nH][nH]c(=O)c3N3CCOCC3)CC[C@]3(C)C(=CCC4[C@@]5(C)Cc6c(N)n[nH]c6C(C)(C)[C@@H]5CC[C@]43C)[C@@H]2C1. The molecule has 0 amide bonds. The van der Waals surface area contributed by atoms with E-state index < -0.39 is 0 Å². The Morgan fingerprint density at radius 3 is 2.42 bits per heavy atom. The predicted molar refractivity (Wildman–Crippen MR) is 179 cm³/mol. The van der Waals surface area contributed by atoms with E-state index in [-0.39, 0.29) is 38.0 Å². The number of morpholine rings is 1. The summed E-state index contributed by atoms with van der Waals surface area (Å²) in [6, 6.07) is 0. The molecule has 3 saturated carbocycles. The Bertz CT molecular complexity index is 1610. The Hall–Kier alpha value is -2.48. The largest absolute Gasteiger partial charge is 0.382 e. The van der Waals surface area contributed by atoms with Crippen LogP contribution in [0.5, 0.6) is 0 Å². The summed E-state index contributed by atoms with van der Waals surface area (Å²) >= 11 is 0. The standard InChI is InChI=1S/C37H56N6O2/c1-32(2)12-14-37(29-27(31(44)42-40-29)43-16-18-45-19-17-43)15-13-35(6)23(24(37)21-32)8-9-26-34(5)20-22-28(39-41-30(22)38)33(3,4)25(34)10-11-36(26,35)7/h8,24-26H,9-21H2,1-7H3,(H3,38,39,41)(H2,40,42,44)/t24-,25-,26?,34-,35+,36+,37-/m0/s1. The van der Waals surface area contributed by atoms with Crippen molar-refractivity contribution >= 4 is 11.5 Å². The van der Waals surface area contributed by atoms with Crippen LogP contribution < -0.4 is 16.2 Å². The molecule has 0 spiro atoms. The third-order valence-corrected chi connectivity index (χ3v) is 15.5. The number of allylic oxidation sites excluding steroid dienone is 2. The average molecular weight is 617 g/mol. The van der Waals surface area contributed by atoms with E-state index >= 15 is 0 Å². The summed E-state index contributed by atoms with van der Waals surface area (Å²) in [4.78, 5) is 15.8. The number of aromatic amines is 3. The Labute approximate surface area is 268 Å². The third-order valence-electron chi connectivity index (χ3n) is 15.5. The molecule has 0 bridgehead atoms. The zero-order valence-corrected chi connectivity index (χ0v) is 28.8. The Morgan fingerprint density at radius 1 is 0.933 bits per heavy atom. The van der Waals surface area contributed by atoms with Gasteiger partial charge in [0.25, 0.3) is 5.56 Å². The monoisotopic (exact) mass is 616 g/mol. The van der Waals surface area contributed by atoms with Gasteiger partial charge in [-0.2, -0.15) is 5.10 Å². The van der Waals surface area contributed by atoms with Crippen LogP contribution in [0.3, 0.4) is 0 Å². The fourth-order valence-corrected chi connectivity index (χ4v) is 12.9. The van der Waals surface area contributed by atoms with Crippen molar-refractivity contribution in [2.24, 2.45) is 39.4 Å². The lowest BCUT2D eigenvalue weighted by Crippen LogP contribution is -2.64. The number of fused-ring (bicyclic) bond motifs is 8. The van der Waals surface area contributed by atoms with Gasteiger partial charge in [0.15, 0.2) is 0 Å². The number of nitrogens with one attached hydrogen (secondary N) is 3. The average Bonchev–Trinajstić information content (AvgIpc) is 3.56. The number of H-pyrrole nitrogens is 3. The lowest BCUT2D eigenvalue weighted by atomic mass is 9.33. The first-order valence-corrected chi connectivity index (χ1v) is 17.9. The van der Waals surface area contributed by atoms with E-state index in [4.69, 9.17) is 10.5 Å². The van der Waals surface area contributed by atoms with Gasteiger partial charge < -0.3 is 15.4 Å². The van der Waals surface area contributed by atoms with Crippen LogP contribution in [0.25, 0.3) is 0 Å². The van der Waals surface area contributed by atoms with Gasteiger partial charge >= 0.3 is 0 Å². The molecular formula is C37H56N6O2. The molecule has 246 valence electrons. The van der Waals surface area contributed by atoms with Crippen LogP contribution in [0.4, 0.5) is 11.5 Å². The Balaban J connectivity index is 1.24. The van der Waals surface area contributed by atoms with Crippen molar-refractivity contribution in [2.75, 3.05) is 36.9 Å². The number of hydrogen-bond donors (Lipinski definition) is 4. The topological polar surface area (TPSA) is 116 Å². The first-order chi connectivity index (χ1) is 21.2. The zero-order chi connectivity index (χ0) is 31.8. The van der Waals surface area contributed by atoms with Crippen LogP contribution in [0, 0.1) is 39.4 Å². The third kappa shape index (κ3) is 3.75. The molecule has 2 aromatic rings. The minimum atomic E-state index is -0.0507. The number of anilines is 2. The van der Waals surface area contributed by atoms with Gasteiger partial charge in [0, 0.05) is 35.2 Å². The van der Waals surface area contributed by atoms with Crippen LogP contribution in [0.1, 0.15) is 117 Å². The molecule has 1 unspecified atom stereocenters. The van der Waals surface area contributed by atoms with Gasteiger partial charge in [0.05, 0.1) is 18.9 Å². The summed E-state index contributed by atoms with van der Waals surface area (Å²) in [5, 5.41) is 14.5. The van der Waals surface area contributed by atoms with Crippen molar-refractivity contribution in [1.29, 1.82) is 0 Å². The normalized spacial score (nSPS) is 41.6. The predicted octanol–water partition coefficient (Wildman–Crippen LogP) is 6.61. The van der Waals surface area contributed by atoms with Crippen molar-refractivity contribution in [3.63, 3.8) is 0 Å². The van der Waals surface area contributed by atoms with Crippen molar-refractivity contribution in [1.82, 2.24) is 20.4 Å². The first kappa shape index (κ1) is 29.9. The highest BCUT2D eigenvalue weighted by atomic mass is 16.5. The summed E-state index contributed by atoms with van der Waals surface area (Å²) in [5.41, 5.74) is 13.6. The van der Waals surface area contributed by atoms with E-state index in [1.807, 2.05) is 0 Å². The maximum Gasteiger partial charge on any atom is 0.287 e. The lowest BCUT2D eigenvalue weighted by Gasteiger charge is -2.71. The van der Waals surface area contributed by atoms with Crippen molar-refractivity contribution in [2.45, 2.75) is 117 Å². The van der Waals surface area contributed by atoms with Gasteiger partial charge in [0.2, 0.25) is 0 Å². The van der Waals surface area contributed by atoms with E-state index in [2.05, 4.69) is 79.8 Å². The molecule has 5 aliphatic carbocycles. The number of nitrogens with zero attached hydrogens (tertiary/aromatic N) is 2. The quantitative estimate of drug-likeness (QED) is 0.283. The zero-order valence-electron chi connectivity index (χ0n) is 28.8. The maximum atomic E-state index is 13.5. The second kappa shape index (κ2) is 9.32. The number of ether oxygens (including phenoxy) is 1. The van der Waals surface area contributed by atoms with E-state index in [0.717, 1.165) is 44.5 Å². The maximum absolute atomic E-state index is 13.5. The van der Waals surface area contributed by atoms with Crippen LogP contribution >= 0.6 is 0 Å². The molecule has 8 nitrogen and oxygen atoms in total. The minimum absolute atomic E-state index is 0.0182. The summed E-state index contributed by atoms with van der Waals surface area (Å²) in [5.74, 6) is 2.30. The molecule has 8 heteroatoms. The highest BCUT2D eigenvalue weighted by Gasteiger charge is 2.69. The molecule has 3 heterocycles. The van der Waals surface area contributed by atoms with Gasteiger partial charge in [-0.3, -0.25) is 20.1 Å². The molecule has 6 aliphatic rings. The number of nitrogens with two attached hydrogens (primary N) is 1. The Kier molecular flexibility index (Phi) is 6.19. The second-order valence-corrected chi connectivity index (χ2v) is 18.1. The number of nitrogen functional groups attached to an aromatic ring is 1. The van der Waals surface area contributed by atoms with Crippen molar-refractivity contribution in [3.8, 4) is 0 Å². The number of aromatic nitrogens is 4. The van der Waals surface area contributed by atoms with Crippen LogP contribution in [0.15, 0.2) is 16.4 Å². The van der Waals surface area contributed by atoms with Crippen molar-refractivity contribution in [3.05, 3.63) is 39.0 Å². The number of rotatable bonds is 2. The van der Waals surface area contributed by atoms with Gasteiger partial charge in [-0.05, 0) is 97.2 Å². The van der Waals surface area contributed by atoms with Gasteiger partial charge in [-0.1, -0.05) is 60.1 Å². The molecule has 1 aliphatic heterocycles. The highest BCUT2D eigenvalue weighted by Crippen LogP contribution is 2.75. The smallest absolute Gasteiger partial charge is 0.287 e. The summed E-state index contributed by atoms with van der Waals surface area (Å²) in [7, 11) is 0. The van der Waals surface area contributed by atoms with Gasteiger partial charge in [-0.15, -0.1) is 0 Å². The van der Waals surface area contributed by atoms with Gasteiger partial charge in [-0.25, -0.2) is 0 Å². The molecule has 5 N–H and O–H groups in total. The number of hydrogen-bond acceptors (Lipinski definition) is 5. The van der Waals surface area contributed by atoms with E-state index in [1.165, 1.54) is 49.1 Å². The molecule has 1 saturated heterocycles. The highest BCUT2D eigenvalue weighted by molar-refractivity contribution is 5.55. The summed E-state index contributed by atoms with van der Waals surface area (Å²) in [6.07, 6.45) is 13.2. The van der Waals surface area contributed by atoms with Crippen molar-refractivity contribution < 1.29 is 4.74 Å². The molecular weight excluding hydrogens is 560 g/mol. The fourth-order valence-electron chi connectivity index (χ4n) is 12.9. The molecule has 4 fully saturated rings. The molecule has 0 aromatic carbocycles. The minimum Gasteiger partial charge on any atom is -0.382 e. The molecule has 2 aromatic heterocycles. The summed E-state index contributed by atoms with van der Waals surface area (Å²) in [6.45, 7) is 20.7. The summed E-state index contributed by atoms with van der Waals surface area (Å²) < 4.78 is 5.70. The molecule has 8 rings (SSSR count). The van der Waals surface area contributed by atoms with E-state index in [0.29, 0.717) is 36.8 Å². The molecule has 45 heavy (non-hydrogen) atoms. The fraction of sp³-hybridized carbons (Fsp3) is 0.784. The molecule has 7 atom stereocenters.